The molecule has 0 unspecified atom stereocenters. The van der Waals surface area contributed by atoms with E-state index in [0.29, 0.717) is 32.6 Å². The number of anilines is 1. The van der Waals surface area contributed by atoms with Gasteiger partial charge in [0.15, 0.2) is 10.9 Å². The third-order valence-electron chi connectivity index (χ3n) is 4.83. The van der Waals surface area contributed by atoms with Crippen molar-refractivity contribution in [2.45, 2.75) is 19.0 Å². The summed E-state index contributed by atoms with van der Waals surface area (Å²) in [6, 6.07) is 16.7. The predicted octanol–water partition coefficient (Wildman–Crippen LogP) is 5.13. The number of para-hydroxylation sites is 3. The molecule has 1 N–H and O–H groups in total. The van der Waals surface area contributed by atoms with E-state index >= 15 is 0 Å². The summed E-state index contributed by atoms with van der Waals surface area (Å²) in [4.78, 5) is 31.7. The SMILES string of the molecule is Cc1sc2nc(SCC(=O)Nc3ccccc3Oc3ccccc3)n(C)c(=O)c2c1C. The summed E-state index contributed by atoms with van der Waals surface area (Å²) in [5.41, 5.74) is 1.47. The van der Waals surface area contributed by atoms with E-state index in [2.05, 4.69) is 10.3 Å². The fourth-order valence-electron chi connectivity index (χ4n) is 3.08. The second-order valence-electron chi connectivity index (χ2n) is 6.97. The maximum atomic E-state index is 12.7. The summed E-state index contributed by atoms with van der Waals surface area (Å²) < 4.78 is 7.40. The molecule has 0 aliphatic heterocycles. The van der Waals surface area contributed by atoms with Crippen LogP contribution in [0.5, 0.6) is 11.5 Å². The Balaban J connectivity index is 1.48. The normalized spacial score (nSPS) is 10.9. The van der Waals surface area contributed by atoms with Crippen LogP contribution in [0.25, 0.3) is 10.2 Å². The van der Waals surface area contributed by atoms with Crippen LogP contribution >= 0.6 is 23.1 Å². The third-order valence-corrected chi connectivity index (χ3v) is 6.96. The molecule has 0 aliphatic rings. The number of carbonyl (C=O) groups excluding carboxylic acids is 1. The van der Waals surface area contributed by atoms with Gasteiger partial charge in [0.2, 0.25) is 5.91 Å². The van der Waals surface area contributed by atoms with Gasteiger partial charge in [-0.2, -0.15) is 0 Å². The van der Waals surface area contributed by atoms with Crippen LogP contribution in [0.1, 0.15) is 10.4 Å². The molecule has 158 valence electrons. The van der Waals surface area contributed by atoms with Crippen LogP contribution in [0.4, 0.5) is 5.69 Å². The first-order valence-corrected chi connectivity index (χ1v) is 11.5. The molecular formula is C23H21N3O3S2. The summed E-state index contributed by atoms with van der Waals surface area (Å²) in [7, 11) is 1.68. The van der Waals surface area contributed by atoms with Crippen molar-refractivity contribution in [3.63, 3.8) is 0 Å². The van der Waals surface area contributed by atoms with E-state index in [-0.39, 0.29) is 17.2 Å². The standard InChI is InChI=1S/C23H21N3O3S2/c1-14-15(2)31-21-20(14)22(28)26(3)23(25-21)30-13-19(27)24-17-11-7-8-12-18(17)29-16-9-5-4-6-10-16/h4-12H,13H2,1-3H3,(H,24,27). The molecule has 2 aromatic carbocycles. The van der Waals surface area contributed by atoms with Crippen LogP contribution in [0, 0.1) is 13.8 Å². The fourth-order valence-corrected chi connectivity index (χ4v) is 4.92. The van der Waals surface area contributed by atoms with Gasteiger partial charge in [0.1, 0.15) is 10.6 Å². The molecule has 0 saturated heterocycles. The zero-order valence-electron chi connectivity index (χ0n) is 17.3. The second kappa shape index (κ2) is 8.95. The van der Waals surface area contributed by atoms with Gasteiger partial charge in [-0.1, -0.05) is 42.1 Å². The molecule has 2 aromatic heterocycles. The Morgan fingerprint density at radius 2 is 1.84 bits per heavy atom. The van der Waals surface area contributed by atoms with Gasteiger partial charge >= 0.3 is 0 Å². The van der Waals surface area contributed by atoms with Crippen LogP contribution in [-0.2, 0) is 11.8 Å². The van der Waals surface area contributed by atoms with Gasteiger partial charge in [-0.25, -0.2) is 4.98 Å². The van der Waals surface area contributed by atoms with Crippen molar-refractivity contribution in [3.05, 3.63) is 75.4 Å². The first-order valence-electron chi connectivity index (χ1n) is 9.65. The van der Waals surface area contributed by atoms with Crippen molar-refractivity contribution in [1.82, 2.24) is 9.55 Å². The van der Waals surface area contributed by atoms with Crippen molar-refractivity contribution in [2.24, 2.45) is 7.05 Å². The number of nitrogens with zero attached hydrogens (tertiary/aromatic N) is 2. The maximum absolute atomic E-state index is 12.7. The number of aryl methyl sites for hydroxylation is 2. The molecule has 2 heterocycles. The van der Waals surface area contributed by atoms with Crippen LogP contribution in [0.15, 0.2) is 64.5 Å². The molecule has 0 radical (unpaired) electrons. The molecule has 31 heavy (non-hydrogen) atoms. The number of amides is 1. The first-order chi connectivity index (χ1) is 14.9. The Morgan fingerprint density at radius 1 is 1.13 bits per heavy atom. The number of ether oxygens (including phenoxy) is 1. The highest BCUT2D eigenvalue weighted by molar-refractivity contribution is 7.99. The molecule has 0 bridgehead atoms. The number of thiophene rings is 1. The summed E-state index contributed by atoms with van der Waals surface area (Å²) in [5, 5.41) is 4.06. The number of aromatic nitrogens is 2. The summed E-state index contributed by atoms with van der Waals surface area (Å²) >= 11 is 2.73. The van der Waals surface area contributed by atoms with Gasteiger partial charge in [-0.15, -0.1) is 11.3 Å². The quantitative estimate of drug-likeness (QED) is 0.325. The highest BCUT2D eigenvalue weighted by Crippen LogP contribution is 2.30. The van der Waals surface area contributed by atoms with Crippen LogP contribution in [-0.4, -0.2) is 21.2 Å². The molecule has 0 spiro atoms. The molecule has 6 nitrogen and oxygen atoms in total. The highest BCUT2D eigenvalue weighted by Gasteiger charge is 2.16. The molecule has 8 heteroatoms. The summed E-state index contributed by atoms with van der Waals surface area (Å²) in [5.74, 6) is 1.16. The van der Waals surface area contributed by atoms with E-state index in [0.717, 1.165) is 10.4 Å². The topological polar surface area (TPSA) is 73.2 Å². The van der Waals surface area contributed by atoms with Crippen molar-refractivity contribution < 1.29 is 9.53 Å². The molecule has 1 amide bonds. The van der Waals surface area contributed by atoms with Crippen molar-refractivity contribution in [3.8, 4) is 11.5 Å². The fraction of sp³-hybridized carbons (Fsp3) is 0.174. The minimum absolute atomic E-state index is 0.0867. The van der Waals surface area contributed by atoms with Gasteiger partial charge < -0.3 is 10.1 Å². The average Bonchev–Trinajstić information content (AvgIpc) is 3.05. The van der Waals surface area contributed by atoms with E-state index in [1.54, 1.807) is 19.2 Å². The third kappa shape index (κ3) is 4.50. The van der Waals surface area contributed by atoms with Crippen molar-refractivity contribution in [1.29, 1.82) is 0 Å². The van der Waals surface area contributed by atoms with Gasteiger partial charge in [0.05, 0.1) is 16.8 Å². The Kier molecular flexibility index (Phi) is 6.11. The average molecular weight is 452 g/mol. The summed E-state index contributed by atoms with van der Waals surface area (Å²) in [6.07, 6.45) is 0. The molecule has 0 atom stereocenters. The number of rotatable bonds is 6. The van der Waals surface area contributed by atoms with Gasteiger partial charge in [0.25, 0.3) is 5.56 Å². The van der Waals surface area contributed by atoms with Gasteiger partial charge in [-0.05, 0) is 43.7 Å². The largest absolute Gasteiger partial charge is 0.455 e. The smallest absolute Gasteiger partial charge is 0.262 e. The lowest BCUT2D eigenvalue weighted by Gasteiger charge is -2.12. The number of hydrogen-bond acceptors (Lipinski definition) is 6. The van der Waals surface area contributed by atoms with E-state index in [4.69, 9.17) is 4.74 Å². The number of fused-ring (bicyclic) bond motifs is 1. The Hall–Kier alpha value is -3.10. The first kappa shape index (κ1) is 21.1. The minimum atomic E-state index is -0.206. The number of nitrogens with one attached hydrogen (secondary N) is 1. The van der Waals surface area contributed by atoms with Crippen molar-refractivity contribution in [2.75, 3.05) is 11.1 Å². The van der Waals surface area contributed by atoms with E-state index in [1.807, 2.05) is 56.3 Å². The maximum Gasteiger partial charge on any atom is 0.262 e. The molecule has 4 rings (SSSR count). The molecule has 0 aliphatic carbocycles. The van der Waals surface area contributed by atoms with Gasteiger partial charge in [-0.3, -0.25) is 14.2 Å². The van der Waals surface area contributed by atoms with Crippen LogP contribution in [0.2, 0.25) is 0 Å². The Bertz CT molecular complexity index is 1310. The Labute approximate surface area is 187 Å². The minimum Gasteiger partial charge on any atom is -0.455 e. The lowest BCUT2D eigenvalue weighted by molar-refractivity contribution is -0.113. The zero-order valence-corrected chi connectivity index (χ0v) is 19.0. The molecule has 0 fully saturated rings. The van der Waals surface area contributed by atoms with Crippen LogP contribution < -0.4 is 15.6 Å². The van der Waals surface area contributed by atoms with Gasteiger partial charge in [0, 0.05) is 11.9 Å². The lowest BCUT2D eigenvalue weighted by atomic mass is 10.2. The molecule has 0 saturated carbocycles. The molecule has 4 aromatic rings. The lowest BCUT2D eigenvalue weighted by Crippen LogP contribution is -2.21. The van der Waals surface area contributed by atoms with E-state index in [1.165, 1.54) is 27.7 Å². The number of benzene rings is 2. The predicted molar refractivity (Wildman–Crippen MR) is 127 cm³/mol. The second-order valence-corrected chi connectivity index (χ2v) is 9.12. The Morgan fingerprint density at radius 3 is 2.61 bits per heavy atom. The molecular weight excluding hydrogens is 430 g/mol. The van der Waals surface area contributed by atoms with Crippen molar-refractivity contribution >= 4 is 44.9 Å². The van der Waals surface area contributed by atoms with E-state index < -0.39 is 0 Å². The zero-order chi connectivity index (χ0) is 22.0. The van der Waals surface area contributed by atoms with E-state index in [9.17, 15) is 9.59 Å². The number of hydrogen-bond donors (Lipinski definition) is 1. The highest BCUT2D eigenvalue weighted by atomic mass is 32.2. The van der Waals surface area contributed by atoms with Crippen LogP contribution in [0.3, 0.4) is 0 Å². The number of carbonyl (C=O) groups is 1. The summed E-state index contributed by atoms with van der Waals surface area (Å²) in [6.45, 7) is 3.92. The monoisotopic (exact) mass is 451 g/mol. The number of thioether (sulfide) groups is 1.